The van der Waals surface area contributed by atoms with Gasteiger partial charge in [0.2, 0.25) is 4.34 Å². The third kappa shape index (κ3) is 7.83. The standard InChI is InChI=1S/C17H23N3O7S2/c1-17(2,3)27-15(22)19-7-6-14(21)26-9-8-25-11-4-5-12-13(10-11)28-16(20-12)29(18,23)24/h4-5,10H,6-9H2,1-3H3,(H,19,22)(H2,18,23,24). The van der Waals surface area contributed by atoms with Crippen LogP contribution >= 0.6 is 11.3 Å². The Bertz CT molecular complexity index is 981. The summed E-state index contributed by atoms with van der Waals surface area (Å²) < 4.78 is 38.7. The molecule has 1 aromatic carbocycles. The largest absolute Gasteiger partial charge is 0.490 e. The van der Waals surface area contributed by atoms with Gasteiger partial charge in [-0.2, -0.15) is 0 Å². The van der Waals surface area contributed by atoms with Gasteiger partial charge in [-0.1, -0.05) is 0 Å². The lowest BCUT2D eigenvalue weighted by Crippen LogP contribution is -2.33. The number of sulfonamides is 1. The van der Waals surface area contributed by atoms with Gasteiger partial charge in [-0.3, -0.25) is 4.79 Å². The molecule has 0 aliphatic rings. The highest BCUT2D eigenvalue weighted by atomic mass is 32.2. The lowest BCUT2D eigenvalue weighted by Gasteiger charge is -2.19. The van der Waals surface area contributed by atoms with Crippen molar-refractivity contribution in [3.63, 3.8) is 0 Å². The number of rotatable bonds is 8. The van der Waals surface area contributed by atoms with Gasteiger partial charge in [-0.15, -0.1) is 11.3 Å². The molecule has 160 valence electrons. The zero-order valence-electron chi connectivity index (χ0n) is 16.3. The predicted octanol–water partition coefficient (Wildman–Crippen LogP) is 1.78. The Hall–Kier alpha value is -2.44. The van der Waals surface area contributed by atoms with Crippen LogP contribution in [0.3, 0.4) is 0 Å². The summed E-state index contributed by atoms with van der Waals surface area (Å²) in [6.45, 7) is 5.46. The van der Waals surface area contributed by atoms with Crippen LogP contribution in [0.1, 0.15) is 27.2 Å². The number of primary sulfonamides is 1. The molecule has 1 amide bonds. The van der Waals surface area contributed by atoms with Crippen LogP contribution in [-0.2, 0) is 24.3 Å². The number of esters is 1. The Morgan fingerprint density at radius 1 is 1.24 bits per heavy atom. The van der Waals surface area contributed by atoms with E-state index >= 15 is 0 Å². The van der Waals surface area contributed by atoms with E-state index in [-0.39, 0.29) is 30.5 Å². The molecule has 1 aromatic heterocycles. The molecule has 0 atom stereocenters. The van der Waals surface area contributed by atoms with Crippen LogP contribution in [0.25, 0.3) is 10.2 Å². The summed E-state index contributed by atoms with van der Waals surface area (Å²) in [4.78, 5) is 27.1. The molecule has 2 aromatic rings. The maximum absolute atomic E-state index is 11.6. The quantitative estimate of drug-likeness (QED) is 0.462. The highest BCUT2D eigenvalue weighted by Crippen LogP contribution is 2.28. The number of fused-ring (bicyclic) bond motifs is 1. The third-order valence-corrected chi connectivity index (χ3v) is 5.53. The predicted molar refractivity (Wildman–Crippen MR) is 106 cm³/mol. The first-order chi connectivity index (χ1) is 13.4. The molecule has 0 unspecified atom stereocenters. The van der Waals surface area contributed by atoms with Crippen LogP contribution in [0.5, 0.6) is 5.75 Å². The number of aromatic nitrogens is 1. The molecule has 12 heteroatoms. The van der Waals surface area contributed by atoms with Crippen molar-refractivity contribution in [2.45, 2.75) is 37.1 Å². The van der Waals surface area contributed by atoms with Crippen molar-refractivity contribution in [1.29, 1.82) is 0 Å². The van der Waals surface area contributed by atoms with Gasteiger partial charge < -0.3 is 19.5 Å². The lowest BCUT2D eigenvalue weighted by atomic mass is 10.2. The first-order valence-electron chi connectivity index (χ1n) is 8.63. The molecule has 1 heterocycles. The first kappa shape index (κ1) is 22.8. The van der Waals surface area contributed by atoms with Gasteiger partial charge >= 0.3 is 12.1 Å². The van der Waals surface area contributed by atoms with Crippen LogP contribution in [0.15, 0.2) is 22.5 Å². The number of nitrogens with one attached hydrogen (secondary N) is 1. The number of nitrogens with two attached hydrogens (primary N) is 1. The Morgan fingerprint density at radius 2 is 1.97 bits per heavy atom. The second kappa shape index (κ2) is 9.37. The molecule has 0 saturated heterocycles. The maximum Gasteiger partial charge on any atom is 0.407 e. The van der Waals surface area contributed by atoms with E-state index in [1.54, 1.807) is 39.0 Å². The Labute approximate surface area is 172 Å². The molecule has 0 saturated carbocycles. The van der Waals surface area contributed by atoms with Crippen molar-refractivity contribution in [1.82, 2.24) is 10.3 Å². The van der Waals surface area contributed by atoms with Crippen molar-refractivity contribution in [2.24, 2.45) is 5.14 Å². The molecule has 0 bridgehead atoms. The number of carbonyl (C=O) groups excluding carboxylic acids is 2. The Kier molecular flexibility index (Phi) is 7.38. The number of amides is 1. The van der Waals surface area contributed by atoms with E-state index in [4.69, 9.17) is 19.3 Å². The molecule has 3 N–H and O–H groups in total. The summed E-state index contributed by atoms with van der Waals surface area (Å²) in [5.74, 6) is -0.00915. The monoisotopic (exact) mass is 445 g/mol. The van der Waals surface area contributed by atoms with Gasteiger partial charge in [0.25, 0.3) is 10.0 Å². The molecule has 10 nitrogen and oxygen atoms in total. The maximum atomic E-state index is 11.6. The molecule has 0 aliphatic heterocycles. The molecule has 0 radical (unpaired) electrons. The molecule has 2 rings (SSSR count). The van der Waals surface area contributed by atoms with Crippen molar-refractivity contribution >= 4 is 43.6 Å². The zero-order valence-corrected chi connectivity index (χ0v) is 17.9. The molecule has 29 heavy (non-hydrogen) atoms. The summed E-state index contributed by atoms with van der Waals surface area (Å²) in [7, 11) is -3.86. The van der Waals surface area contributed by atoms with Gasteiger partial charge in [-0.05, 0) is 39.0 Å². The van der Waals surface area contributed by atoms with E-state index in [2.05, 4.69) is 10.3 Å². The summed E-state index contributed by atoms with van der Waals surface area (Å²) in [5.41, 5.74) is -0.111. The number of thiazole rings is 1. The minimum Gasteiger partial charge on any atom is -0.490 e. The Balaban J connectivity index is 1.70. The SMILES string of the molecule is CC(C)(C)OC(=O)NCCC(=O)OCCOc1ccc2nc(S(N)(=O)=O)sc2c1. The highest BCUT2D eigenvalue weighted by Gasteiger charge is 2.16. The third-order valence-electron chi connectivity index (χ3n) is 3.20. The smallest absolute Gasteiger partial charge is 0.407 e. The van der Waals surface area contributed by atoms with E-state index in [0.717, 1.165) is 11.3 Å². The van der Waals surface area contributed by atoms with Crippen LogP contribution in [0.4, 0.5) is 4.79 Å². The topological polar surface area (TPSA) is 147 Å². The van der Waals surface area contributed by atoms with E-state index in [1.807, 2.05) is 0 Å². The molecule has 0 spiro atoms. The number of ether oxygens (including phenoxy) is 3. The summed E-state index contributed by atoms with van der Waals surface area (Å²) >= 11 is 0.943. The fourth-order valence-corrected chi connectivity index (χ4v) is 3.75. The minimum atomic E-state index is -3.86. The van der Waals surface area contributed by atoms with Crippen LogP contribution in [0.2, 0.25) is 0 Å². The first-order valence-corrected chi connectivity index (χ1v) is 11.0. The normalized spacial score (nSPS) is 11.9. The zero-order chi connectivity index (χ0) is 21.7. The van der Waals surface area contributed by atoms with E-state index in [9.17, 15) is 18.0 Å². The van der Waals surface area contributed by atoms with Crippen molar-refractivity contribution in [3.05, 3.63) is 18.2 Å². The number of benzene rings is 1. The molecular formula is C17H23N3O7S2. The van der Waals surface area contributed by atoms with Gasteiger partial charge in [0, 0.05) is 6.54 Å². The molecule has 0 fully saturated rings. The fourth-order valence-electron chi connectivity index (χ4n) is 2.06. The van der Waals surface area contributed by atoms with Crippen LogP contribution in [-0.4, -0.2) is 50.8 Å². The van der Waals surface area contributed by atoms with Crippen LogP contribution < -0.4 is 15.2 Å². The fraction of sp³-hybridized carbons (Fsp3) is 0.471. The van der Waals surface area contributed by atoms with Gasteiger partial charge in [-0.25, -0.2) is 23.3 Å². The van der Waals surface area contributed by atoms with Crippen molar-refractivity contribution in [2.75, 3.05) is 19.8 Å². The van der Waals surface area contributed by atoms with Gasteiger partial charge in [0.05, 0.1) is 16.6 Å². The van der Waals surface area contributed by atoms with Crippen molar-refractivity contribution < 1.29 is 32.2 Å². The highest BCUT2D eigenvalue weighted by molar-refractivity contribution is 7.91. The number of nitrogens with zero attached hydrogens (tertiary/aromatic N) is 1. The number of alkyl carbamates (subject to hydrolysis) is 1. The second-order valence-electron chi connectivity index (χ2n) is 6.90. The number of carbonyl (C=O) groups is 2. The number of hydrogen-bond acceptors (Lipinski definition) is 9. The summed E-state index contributed by atoms with van der Waals surface area (Å²) in [6, 6.07) is 4.87. The van der Waals surface area contributed by atoms with Gasteiger partial charge in [0.1, 0.15) is 24.6 Å². The van der Waals surface area contributed by atoms with E-state index < -0.39 is 27.7 Å². The minimum absolute atomic E-state index is 0.00239. The van der Waals surface area contributed by atoms with E-state index in [1.165, 1.54) is 0 Å². The summed E-state index contributed by atoms with van der Waals surface area (Å²) in [6.07, 6.45) is -0.597. The Morgan fingerprint density at radius 3 is 2.62 bits per heavy atom. The van der Waals surface area contributed by atoms with Crippen LogP contribution in [0, 0.1) is 0 Å². The van der Waals surface area contributed by atoms with Crippen molar-refractivity contribution in [3.8, 4) is 5.75 Å². The lowest BCUT2D eigenvalue weighted by molar-refractivity contribution is -0.144. The second-order valence-corrected chi connectivity index (χ2v) is 9.67. The molecule has 0 aliphatic carbocycles. The average molecular weight is 446 g/mol. The molecular weight excluding hydrogens is 422 g/mol. The van der Waals surface area contributed by atoms with Gasteiger partial charge in [0.15, 0.2) is 0 Å². The average Bonchev–Trinajstić information content (AvgIpc) is 3.01. The number of hydrogen-bond donors (Lipinski definition) is 2. The summed E-state index contributed by atoms with van der Waals surface area (Å²) in [5, 5.41) is 7.54. The van der Waals surface area contributed by atoms with E-state index in [0.29, 0.717) is 16.0 Å².